The van der Waals surface area contributed by atoms with E-state index in [1.807, 2.05) is 19.1 Å². The van der Waals surface area contributed by atoms with Crippen molar-refractivity contribution in [2.45, 2.75) is 62.6 Å². The van der Waals surface area contributed by atoms with Crippen LogP contribution in [0.25, 0.3) is 0 Å². The standard InChI is InChI=1S/C32H38ClN3O6S/c1-4-30(32(38)34-25-9-5-6-10-25)35(21-23-8-7-11-28(20-23)42-3)31(37)22-36(26-14-12-24(33)13-15-26)43(39,40)29-18-16-27(41-2)17-19-29/h7-8,11-20,25,30H,4-6,9-10,21-22H2,1-3H3,(H,34,38)/t30-/m0/s1. The minimum absolute atomic E-state index is 0.0126. The van der Waals surface area contributed by atoms with Gasteiger partial charge in [0.25, 0.3) is 10.0 Å². The maximum absolute atomic E-state index is 14.2. The van der Waals surface area contributed by atoms with Crippen LogP contribution in [-0.4, -0.2) is 58.0 Å². The molecule has 11 heteroatoms. The fourth-order valence-corrected chi connectivity index (χ4v) is 6.81. The van der Waals surface area contributed by atoms with Crippen LogP contribution < -0.4 is 19.1 Å². The molecule has 1 aliphatic carbocycles. The number of ether oxygens (including phenoxy) is 2. The number of amides is 2. The normalized spacial score (nSPS) is 14.1. The van der Waals surface area contributed by atoms with Gasteiger partial charge in [0.2, 0.25) is 11.8 Å². The summed E-state index contributed by atoms with van der Waals surface area (Å²) in [5.74, 6) is 0.333. The molecule has 0 unspecified atom stereocenters. The van der Waals surface area contributed by atoms with E-state index >= 15 is 0 Å². The maximum Gasteiger partial charge on any atom is 0.264 e. The fourth-order valence-electron chi connectivity index (χ4n) is 5.27. The maximum atomic E-state index is 14.2. The highest BCUT2D eigenvalue weighted by atomic mass is 35.5. The minimum atomic E-state index is -4.21. The molecular formula is C32H38ClN3O6S. The van der Waals surface area contributed by atoms with Gasteiger partial charge in [-0.15, -0.1) is 0 Å². The average molecular weight is 628 g/mol. The number of sulfonamides is 1. The molecule has 2 amide bonds. The van der Waals surface area contributed by atoms with Crippen molar-refractivity contribution in [3.63, 3.8) is 0 Å². The van der Waals surface area contributed by atoms with Crippen LogP contribution in [0.5, 0.6) is 11.5 Å². The Balaban J connectivity index is 1.71. The van der Waals surface area contributed by atoms with Gasteiger partial charge in [-0.1, -0.05) is 43.5 Å². The summed E-state index contributed by atoms with van der Waals surface area (Å²) in [5, 5.41) is 3.54. The molecular weight excluding hydrogens is 590 g/mol. The van der Waals surface area contributed by atoms with E-state index in [-0.39, 0.29) is 29.1 Å². The van der Waals surface area contributed by atoms with Crippen molar-refractivity contribution in [3.05, 3.63) is 83.4 Å². The van der Waals surface area contributed by atoms with Gasteiger partial charge in [0.1, 0.15) is 24.1 Å². The zero-order chi connectivity index (χ0) is 31.0. The lowest BCUT2D eigenvalue weighted by Gasteiger charge is -2.34. The molecule has 0 heterocycles. The zero-order valence-corrected chi connectivity index (χ0v) is 26.2. The van der Waals surface area contributed by atoms with Crippen molar-refractivity contribution in [2.24, 2.45) is 0 Å². The Morgan fingerprint density at radius 2 is 1.60 bits per heavy atom. The summed E-state index contributed by atoms with van der Waals surface area (Å²) in [5.41, 5.74) is 1.01. The largest absolute Gasteiger partial charge is 0.497 e. The molecule has 230 valence electrons. The molecule has 1 fully saturated rings. The summed E-state index contributed by atoms with van der Waals surface area (Å²) in [7, 11) is -1.16. The SMILES string of the molecule is CC[C@@H](C(=O)NC1CCCC1)N(Cc1cccc(OC)c1)C(=O)CN(c1ccc(Cl)cc1)S(=O)(=O)c1ccc(OC)cc1. The Bertz CT molecular complexity index is 1490. The first-order valence-corrected chi connectivity index (χ1v) is 16.1. The first-order chi connectivity index (χ1) is 20.7. The summed E-state index contributed by atoms with van der Waals surface area (Å²) in [6.07, 6.45) is 4.24. The number of nitrogens with one attached hydrogen (secondary N) is 1. The molecule has 9 nitrogen and oxygen atoms in total. The Kier molecular flexibility index (Phi) is 10.9. The van der Waals surface area contributed by atoms with E-state index in [9.17, 15) is 18.0 Å². The number of hydrogen-bond acceptors (Lipinski definition) is 6. The summed E-state index contributed by atoms with van der Waals surface area (Å²) in [6.45, 7) is 1.40. The molecule has 0 aromatic heterocycles. The molecule has 0 saturated heterocycles. The lowest BCUT2D eigenvalue weighted by molar-refractivity contribution is -0.140. The van der Waals surface area contributed by atoms with Crippen LogP contribution in [0.2, 0.25) is 5.02 Å². The molecule has 0 bridgehead atoms. The molecule has 0 aliphatic heterocycles. The van der Waals surface area contributed by atoms with E-state index in [1.54, 1.807) is 55.6 Å². The van der Waals surface area contributed by atoms with E-state index in [2.05, 4.69) is 5.32 Å². The van der Waals surface area contributed by atoms with Crippen molar-refractivity contribution in [3.8, 4) is 11.5 Å². The number of nitrogens with zero attached hydrogens (tertiary/aromatic N) is 2. The number of rotatable bonds is 13. The van der Waals surface area contributed by atoms with Crippen molar-refractivity contribution < 1.29 is 27.5 Å². The van der Waals surface area contributed by atoms with Gasteiger partial charge in [-0.05, 0) is 85.5 Å². The summed E-state index contributed by atoms with van der Waals surface area (Å²) in [4.78, 5) is 29.3. The second kappa shape index (κ2) is 14.6. The van der Waals surface area contributed by atoms with Crippen molar-refractivity contribution in [1.82, 2.24) is 10.2 Å². The van der Waals surface area contributed by atoms with Crippen LogP contribution in [0.3, 0.4) is 0 Å². The van der Waals surface area contributed by atoms with Crippen molar-refractivity contribution >= 4 is 39.1 Å². The van der Waals surface area contributed by atoms with E-state index in [0.717, 1.165) is 35.6 Å². The van der Waals surface area contributed by atoms with Crippen LogP contribution >= 0.6 is 11.6 Å². The van der Waals surface area contributed by atoms with Crippen LogP contribution in [0, 0.1) is 0 Å². The average Bonchev–Trinajstić information content (AvgIpc) is 3.53. The topological polar surface area (TPSA) is 105 Å². The van der Waals surface area contributed by atoms with Gasteiger partial charge >= 0.3 is 0 Å². The van der Waals surface area contributed by atoms with Gasteiger partial charge in [0.15, 0.2) is 0 Å². The summed E-state index contributed by atoms with van der Waals surface area (Å²) < 4.78 is 39.6. The number of halogens is 1. The van der Waals surface area contributed by atoms with Gasteiger partial charge in [-0.2, -0.15) is 0 Å². The Morgan fingerprint density at radius 1 is 0.953 bits per heavy atom. The number of carbonyl (C=O) groups excluding carboxylic acids is 2. The van der Waals surface area contributed by atoms with Gasteiger partial charge in [0.05, 0.1) is 24.8 Å². The Labute approximate surface area is 258 Å². The van der Waals surface area contributed by atoms with Crippen LogP contribution in [0.4, 0.5) is 5.69 Å². The molecule has 3 aromatic carbocycles. The van der Waals surface area contributed by atoms with Crippen molar-refractivity contribution in [2.75, 3.05) is 25.1 Å². The smallest absolute Gasteiger partial charge is 0.264 e. The van der Waals surface area contributed by atoms with Crippen molar-refractivity contribution in [1.29, 1.82) is 0 Å². The molecule has 0 spiro atoms. The third-order valence-electron chi connectivity index (χ3n) is 7.62. The number of anilines is 1. The third-order valence-corrected chi connectivity index (χ3v) is 9.66. The summed E-state index contributed by atoms with van der Waals surface area (Å²) >= 11 is 6.11. The molecule has 43 heavy (non-hydrogen) atoms. The second-order valence-corrected chi connectivity index (χ2v) is 12.7. The Hall–Kier alpha value is -3.76. The zero-order valence-electron chi connectivity index (χ0n) is 24.7. The Morgan fingerprint density at radius 3 is 2.21 bits per heavy atom. The highest BCUT2D eigenvalue weighted by Crippen LogP contribution is 2.28. The molecule has 0 radical (unpaired) electrons. The van der Waals surface area contributed by atoms with Gasteiger partial charge < -0.3 is 19.7 Å². The van der Waals surface area contributed by atoms with Crippen LogP contribution in [0.15, 0.2) is 77.7 Å². The molecule has 1 aliphatic rings. The first kappa shape index (κ1) is 32.2. The number of carbonyl (C=O) groups is 2. The highest BCUT2D eigenvalue weighted by Gasteiger charge is 2.34. The fraction of sp³-hybridized carbons (Fsp3) is 0.375. The van der Waals surface area contributed by atoms with Gasteiger partial charge in [0, 0.05) is 17.6 Å². The monoisotopic (exact) mass is 627 g/mol. The predicted molar refractivity (Wildman–Crippen MR) is 167 cm³/mol. The van der Waals surface area contributed by atoms with Gasteiger partial charge in [-0.3, -0.25) is 13.9 Å². The van der Waals surface area contributed by atoms with Gasteiger partial charge in [-0.25, -0.2) is 8.42 Å². The van der Waals surface area contributed by atoms with E-state index in [1.165, 1.54) is 24.1 Å². The van der Waals surface area contributed by atoms with E-state index < -0.39 is 28.5 Å². The molecule has 1 saturated carbocycles. The molecule has 1 N–H and O–H groups in total. The minimum Gasteiger partial charge on any atom is -0.497 e. The number of hydrogen-bond donors (Lipinski definition) is 1. The van der Waals surface area contributed by atoms with E-state index in [4.69, 9.17) is 21.1 Å². The highest BCUT2D eigenvalue weighted by molar-refractivity contribution is 7.92. The molecule has 4 rings (SSSR count). The number of methoxy groups -OCH3 is 2. The second-order valence-electron chi connectivity index (χ2n) is 10.5. The molecule has 1 atom stereocenters. The predicted octanol–water partition coefficient (Wildman–Crippen LogP) is 5.42. The quantitative estimate of drug-likeness (QED) is 0.271. The lowest BCUT2D eigenvalue weighted by atomic mass is 10.1. The molecule has 3 aromatic rings. The first-order valence-electron chi connectivity index (χ1n) is 14.3. The summed E-state index contributed by atoms with van der Waals surface area (Å²) in [6, 6.07) is 18.7. The third kappa shape index (κ3) is 8.00. The van der Waals surface area contributed by atoms with Crippen LogP contribution in [-0.2, 0) is 26.2 Å². The van der Waals surface area contributed by atoms with Crippen LogP contribution in [0.1, 0.15) is 44.6 Å². The number of benzene rings is 3. The lowest BCUT2D eigenvalue weighted by Crippen LogP contribution is -2.53. The van der Waals surface area contributed by atoms with E-state index in [0.29, 0.717) is 22.9 Å².